The Morgan fingerprint density at radius 2 is 1.88 bits per heavy atom. The third-order valence-corrected chi connectivity index (χ3v) is 5.16. The maximum absolute atomic E-state index is 10.8. The molecule has 0 fully saturated rings. The lowest BCUT2D eigenvalue weighted by atomic mass is 9.93. The van der Waals surface area contributed by atoms with Gasteiger partial charge in [0, 0.05) is 29.1 Å². The number of furan rings is 1. The summed E-state index contributed by atoms with van der Waals surface area (Å²) in [6, 6.07) is 8.21. The van der Waals surface area contributed by atoms with Crippen LogP contribution >= 0.6 is 11.3 Å². The first-order valence-electron chi connectivity index (χ1n) is 8.81. The largest absolute Gasteiger partial charge is 0.462 e. The number of rotatable bonds is 11. The highest BCUT2D eigenvalue weighted by Gasteiger charge is 2.30. The van der Waals surface area contributed by atoms with E-state index >= 15 is 0 Å². The SMILES string of the molecule is C=CCC(O)(CC=C)c1ccc(CN(CCC)Cc2ccc(C)s2)o1. The maximum Gasteiger partial charge on any atom is 0.136 e. The van der Waals surface area contributed by atoms with Crippen LogP contribution in [0.4, 0.5) is 0 Å². The normalized spacial score (nSPS) is 11.8. The fourth-order valence-corrected chi connectivity index (χ4v) is 3.95. The number of hydrogen-bond acceptors (Lipinski definition) is 4. The monoisotopic (exact) mass is 359 g/mol. The third-order valence-electron chi connectivity index (χ3n) is 4.18. The van der Waals surface area contributed by atoms with Crippen LogP contribution in [0.1, 0.15) is 47.5 Å². The summed E-state index contributed by atoms with van der Waals surface area (Å²) in [4.78, 5) is 5.09. The van der Waals surface area contributed by atoms with Gasteiger partial charge in [-0.05, 0) is 44.2 Å². The quantitative estimate of drug-likeness (QED) is 0.546. The molecule has 2 aromatic rings. The van der Waals surface area contributed by atoms with E-state index in [1.165, 1.54) is 9.75 Å². The Morgan fingerprint density at radius 1 is 1.16 bits per heavy atom. The van der Waals surface area contributed by atoms with Gasteiger partial charge in [0.1, 0.15) is 17.1 Å². The van der Waals surface area contributed by atoms with Crippen LogP contribution < -0.4 is 0 Å². The van der Waals surface area contributed by atoms with E-state index in [0.29, 0.717) is 18.6 Å². The van der Waals surface area contributed by atoms with Gasteiger partial charge in [-0.2, -0.15) is 0 Å². The molecule has 0 atom stereocenters. The molecule has 136 valence electrons. The van der Waals surface area contributed by atoms with Gasteiger partial charge in [-0.15, -0.1) is 24.5 Å². The maximum atomic E-state index is 10.8. The summed E-state index contributed by atoms with van der Waals surface area (Å²) < 4.78 is 5.99. The average Bonchev–Trinajstić information content (AvgIpc) is 3.18. The van der Waals surface area contributed by atoms with E-state index in [2.05, 4.69) is 44.0 Å². The van der Waals surface area contributed by atoms with Crippen LogP contribution in [0, 0.1) is 6.92 Å². The minimum atomic E-state index is -1.05. The van der Waals surface area contributed by atoms with Crippen molar-refractivity contribution in [2.45, 2.75) is 51.8 Å². The predicted molar refractivity (Wildman–Crippen MR) is 106 cm³/mol. The van der Waals surface area contributed by atoms with Crippen molar-refractivity contribution >= 4 is 11.3 Å². The molecule has 0 spiro atoms. The molecule has 0 aliphatic heterocycles. The van der Waals surface area contributed by atoms with Crippen LogP contribution in [0.2, 0.25) is 0 Å². The number of aliphatic hydroxyl groups is 1. The summed E-state index contributed by atoms with van der Waals surface area (Å²) in [6.07, 6.45) is 5.41. The Balaban J connectivity index is 2.10. The fraction of sp³-hybridized carbons (Fsp3) is 0.429. The molecule has 0 amide bonds. The van der Waals surface area contributed by atoms with Crippen molar-refractivity contribution in [3.8, 4) is 0 Å². The van der Waals surface area contributed by atoms with Gasteiger partial charge in [-0.3, -0.25) is 4.90 Å². The third kappa shape index (κ3) is 5.43. The molecule has 0 saturated heterocycles. The number of aryl methyl sites for hydroxylation is 1. The van der Waals surface area contributed by atoms with E-state index in [1.807, 2.05) is 23.5 Å². The minimum absolute atomic E-state index is 0.444. The van der Waals surface area contributed by atoms with Gasteiger partial charge in [-0.1, -0.05) is 19.1 Å². The molecular weight excluding hydrogens is 330 g/mol. The molecule has 2 rings (SSSR count). The summed E-state index contributed by atoms with van der Waals surface area (Å²) >= 11 is 1.84. The lowest BCUT2D eigenvalue weighted by molar-refractivity contribution is 0.0187. The first-order chi connectivity index (χ1) is 12.0. The molecule has 0 saturated carbocycles. The zero-order valence-corrected chi connectivity index (χ0v) is 16.1. The number of nitrogens with zero attached hydrogens (tertiary/aromatic N) is 1. The highest BCUT2D eigenvalue weighted by atomic mass is 32.1. The van der Waals surface area contributed by atoms with Gasteiger partial charge in [0.05, 0.1) is 6.54 Å². The van der Waals surface area contributed by atoms with E-state index in [0.717, 1.165) is 31.8 Å². The first-order valence-corrected chi connectivity index (χ1v) is 9.63. The Kier molecular flexibility index (Phi) is 7.24. The molecule has 0 unspecified atom stereocenters. The van der Waals surface area contributed by atoms with Gasteiger partial charge in [0.2, 0.25) is 0 Å². The van der Waals surface area contributed by atoms with E-state index in [-0.39, 0.29) is 0 Å². The average molecular weight is 360 g/mol. The lowest BCUT2D eigenvalue weighted by Crippen LogP contribution is -2.24. The second kappa shape index (κ2) is 9.18. The highest BCUT2D eigenvalue weighted by Crippen LogP contribution is 2.31. The molecule has 4 heteroatoms. The Morgan fingerprint density at radius 3 is 2.44 bits per heavy atom. The van der Waals surface area contributed by atoms with E-state index in [9.17, 15) is 5.11 Å². The first kappa shape index (κ1) is 19.7. The second-order valence-electron chi connectivity index (χ2n) is 6.51. The summed E-state index contributed by atoms with van der Waals surface area (Å²) in [5, 5.41) is 10.8. The molecule has 0 radical (unpaired) electrons. The Hall–Kier alpha value is -1.62. The molecule has 0 aliphatic carbocycles. The van der Waals surface area contributed by atoms with Gasteiger partial charge < -0.3 is 9.52 Å². The fourth-order valence-electron chi connectivity index (χ4n) is 3.02. The Bertz CT molecular complexity index is 676. The number of hydrogen-bond donors (Lipinski definition) is 1. The predicted octanol–water partition coefficient (Wildman–Crippen LogP) is 5.40. The standard InChI is InChI=1S/C21H29NO2S/c1-5-12-21(23,13-6-2)20-11-9-18(24-20)15-22(14-7-3)16-19-10-8-17(4)25-19/h5-6,8-11,23H,1-2,7,12-16H2,3-4H3. The molecule has 2 heterocycles. The van der Waals surface area contributed by atoms with Gasteiger partial charge >= 0.3 is 0 Å². The van der Waals surface area contributed by atoms with Crippen LogP contribution in [0.15, 0.2) is 54.0 Å². The van der Waals surface area contributed by atoms with Crippen molar-refractivity contribution in [3.63, 3.8) is 0 Å². The molecule has 1 N–H and O–H groups in total. The van der Waals surface area contributed by atoms with Crippen LogP contribution in [-0.4, -0.2) is 16.6 Å². The van der Waals surface area contributed by atoms with Crippen molar-refractivity contribution in [2.24, 2.45) is 0 Å². The van der Waals surface area contributed by atoms with Gasteiger partial charge in [-0.25, -0.2) is 0 Å². The number of thiophene rings is 1. The van der Waals surface area contributed by atoms with E-state index in [4.69, 9.17) is 4.42 Å². The molecule has 25 heavy (non-hydrogen) atoms. The smallest absolute Gasteiger partial charge is 0.136 e. The molecule has 0 aliphatic rings. The molecular formula is C21H29NO2S. The lowest BCUT2D eigenvalue weighted by Gasteiger charge is -2.23. The molecule has 0 bridgehead atoms. The highest BCUT2D eigenvalue weighted by molar-refractivity contribution is 7.11. The summed E-state index contributed by atoms with van der Waals surface area (Å²) in [5.41, 5.74) is -1.05. The molecule has 0 aromatic carbocycles. The molecule has 3 nitrogen and oxygen atoms in total. The van der Waals surface area contributed by atoms with Crippen molar-refractivity contribution in [1.82, 2.24) is 4.90 Å². The van der Waals surface area contributed by atoms with Crippen molar-refractivity contribution < 1.29 is 9.52 Å². The summed E-state index contributed by atoms with van der Waals surface area (Å²) in [5.74, 6) is 1.47. The summed E-state index contributed by atoms with van der Waals surface area (Å²) in [7, 11) is 0. The zero-order chi connectivity index (χ0) is 18.3. The van der Waals surface area contributed by atoms with Gasteiger partial charge in [0.25, 0.3) is 0 Å². The van der Waals surface area contributed by atoms with Crippen LogP contribution in [0.25, 0.3) is 0 Å². The van der Waals surface area contributed by atoms with Crippen LogP contribution in [-0.2, 0) is 18.7 Å². The van der Waals surface area contributed by atoms with Crippen molar-refractivity contribution in [2.75, 3.05) is 6.54 Å². The van der Waals surface area contributed by atoms with Crippen LogP contribution in [0.3, 0.4) is 0 Å². The van der Waals surface area contributed by atoms with Crippen molar-refractivity contribution in [1.29, 1.82) is 0 Å². The zero-order valence-electron chi connectivity index (χ0n) is 15.3. The second-order valence-corrected chi connectivity index (χ2v) is 7.88. The van der Waals surface area contributed by atoms with Crippen molar-refractivity contribution in [3.05, 3.63) is 70.9 Å². The summed E-state index contributed by atoms with van der Waals surface area (Å²) in [6.45, 7) is 14.5. The minimum Gasteiger partial charge on any atom is -0.462 e. The van der Waals surface area contributed by atoms with Crippen LogP contribution in [0.5, 0.6) is 0 Å². The molecule has 2 aromatic heterocycles. The van der Waals surface area contributed by atoms with Gasteiger partial charge in [0.15, 0.2) is 0 Å². The van der Waals surface area contributed by atoms with E-state index < -0.39 is 5.60 Å². The Labute approximate surface area is 155 Å². The topological polar surface area (TPSA) is 36.6 Å². The van der Waals surface area contributed by atoms with E-state index in [1.54, 1.807) is 12.2 Å².